The van der Waals surface area contributed by atoms with Crippen molar-refractivity contribution in [1.29, 1.82) is 0 Å². The lowest BCUT2D eigenvalue weighted by Gasteiger charge is -2.36. The number of hydrogen-bond donors (Lipinski definition) is 2. The summed E-state index contributed by atoms with van der Waals surface area (Å²) in [7, 11) is 0. The molecule has 0 radical (unpaired) electrons. The largest absolute Gasteiger partial charge is 0.390 e. The molecule has 1 saturated carbocycles. The van der Waals surface area contributed by atoms with Crippen LogP contribution in [0.25, 0.3) is 21.3 Å². The molecule has 5 heteroatoms. The number of aliphatic hydroxyl groups is 1. The lowest BCUT2D eigenvalue weighted by Crippen LogP contribution is -2.41. The fraction of sp³-hybridized carbons (Fsp3) is 0.391. The average molecular weight is 395 g/mol. The fourth-order valence-corrected chi connectivity index (χ4v) is 4.90. The van der Waals surface area contributed by atoms with Crippen LogP contribution >= 0.6 is 11.3 Å². The summed E-state index contributed by atoms with van der Waals surface area (Å²) in [5.41, 5.74) is 2.01. The first-order chi connectivity index (χ1) is 13.4. The molecule has 1 aromatic carbocycles. The Bertz CT molecular complexity index is 964. The van der Waals surface area contributed by atoms with Gasteiger partial charge in [0.2, 0.25) is 0 Å². The van der Waals surface area contributed by atoms with Gasteiger partial charge in [-0.2, -0.15) is 0 Å². The molecule has 1 aliphatic carbocycles. The third-order valence-electron chi connectivity index (χ3n) is 5.86. The zero-order chi connectivity index (χ0) is 19.7. The number of thiophene rings is 1. The number of benzene rings is 1. The van der Waals surface area contributed by atoms with E-state index in [1.165, 1.54) is 4.70 Å². The van der Waals surface area contributed by atoms with Crippen molar-refractivity contribution in [2.24, 2.45) is 5.92 Å². The van der Waals surface area contributed by atoms with Crippen LogP contribution in [0, 0.1) is 5.92 Å². The van der Waals surface area contributed by atoms with Gasteiger partial charge in [0.25, 0.3) is 5.91 Å². The van der Waals surface area contributed by atoms with Gasteiger partial charge in [-0.1, -0.05) is 12.1 Å². The average Bonchev–Trinajstić information content (AvgIpc) is 3.17. The molecule has 0 saturated heterocycles. The Balaban J connectivity index is 1.42. The zero-order valence-electron chi connectivity index (χ0n) is 16.3. The predicted octanol–water partition coefficient (Wildman–Crippen LogP) is 5.02. The maximum atomic E-state index is 12.6. The molecular formula is C23H26N2O2S. The molecule has 4 rings (SSSR count). The number of rotatable bonds is 4. The number of nitrogens with one attached hydrogen (secondary N) is 1. The predicted molar refractivity (Wildman–Crippen MR) is 115 cm³/mol. The van der Waals surface area contributed by atoms with E-state index in [9.17, 15) is 9.90 Å². The van der Waals surface area contributed by atoms with Crippen molar-refractivity contribution in [2.75, 3.05) is 0 Å². The summed E-state index contributed by atoms with van der Waals surface area (Å²) in [6.07, 6.45) is 5.57. The SMILES string of the molecule is CC(C)(O)[C@H]1CC[C@H](NC(=O)c2ccc(-c3nccc4sccc34)cc2)CC1. The molecule has 28 heavy (non-hydrogen) atoms. The molecule has 2 N–H and O–H groups in total. The van der Waals surface area contributed by atoms with Crippen molar-refractivity contribution in [3.8, 4) is 11.3 Å². The minimum atomic E-state index is -0.635. The summed E-state index contributed by atoms with van der Waals surface area (Å²) in [6.45, 7) is 3.76. The number of carbonyl (C=O) groups excluding carboxylic acids is 1. The molecule has 3 aromatic rings. The van der Waals surface area contributed by atoms with Crippen molar-refractivity contribution in [3.05, 3.63) is 53.5 Å². The van der Waals surface area contributed by atoms with Crippen LogP contribution in [0.15, 0.2) is 48.0 Å². The van der Waals surface area contributed by atoms with Crippen molar-refractivity contribution in [3.63, 3.8) is 0 Å². The summed E-state index contributed by atoms with van der Waals surface area (Å²) in [5, 5.41) is 16.5. The van der Waals surface area contributed by atoms with Gasteiger partial charge >= 0.3 is 0 Å². The Morgan fingerprint density at radius 1 is 1.11 bits per heavy atom. The van der Waals surface area contributed by atoms with E-state index >= 15 is 0 Å². The number of nitrogens with zero attached hydrogens (tertiary/aromatic N) is 1. The molecule has 1 fully saturated rings. The number of amides is 1. The van der Waals surface area contributed by atoms with Crippen molar-refractivity contribution in [2.45, 2.75) is 51.2 Å². The molecule has 2 heterocycles. The van der Waals surface area contributed by atoms with E-state index < -0.39 is 5.60 Å². The number of aromatic nitrogens is 1. The third-order valence-corrected chi connectivity index (χ3v) is 6.74. The summed E-state index contributed by atoms with van der Waals surface area (Å²) in [4.78, 5) is 17.2. The molecule has 0 atom stereocenters. The van der Waals surface area contributed by atoms with Gasteiger partial charge in [-0.05, 0) is 75.1 Å². The van der Waals surface area contributed by atoms with Crippen LogP contribution in [0.3, 0.4) is 0 Å². The summed E-state index contributed by atoms with van der Waals surface area (Å²) >= 11 is 1.71. The van der Waals surface area contributed by atoms with E-state index in [1.807, 2.05) is 50.4 Å². The Labute approximate surface area is 169 Å². The molecule has 0 unspecified atom stereocenters. The Morgan fingerprint density at radius 2 is 1.82 bits per heavy atom. The van der Waals surface area contributed by atoms with Gasteiger partial charge in [0.15, 0.2) is 0 Å². The van der Waals surface area contributed by atoms with Gasteiger partial charge in [0.1, 0.15) is 0 Å². The zero-order valence-corrected chi connectivity index (χ0v) is 17.1. The molecular weight excluding hydrogens is 368 g/mol. The molecule has 1 amide bonds. The molecule has 4 nitrogen and oxygen atoms in total. The highest BCUT2D eigenvalue weighted by Crippen LogP contribution is 2.33. The number of pyridine rings is 1. The van der Waals surface area contributed by atoms with Gasteiger partial charge in [-0.25, -0.2) is 0 Å². The van der Waals surface area contributed by atoms with E-state index in [-0.39, 0.29) is 11.9 Å². The van der Waals surface area contributed by atoms with Crippen LogP contribution in [-0.4, -0.2) is 27.6 Å². The van der Waals surface area contributed by atoms with Crippen LogP contribution in [-0.2, 0) is 0 Å². The number of carbonyl (C=O) groups is 1. The minimum Gasteiger partial charge on any atom is -0.390 e. The number of hydrogen-bond acceptors (Lipinski definition) is 4. The van der Waals surface area contributed by atoms with Gasteiger partial charge in [-0.3, -0.25) is 9.78 Å². The van der Waals surface area contributed by atoms with Gasteiger partial charge in [0, 0.05) is 33.5 Å². The standard InChI is InChI=1S/C23H26N2O2S/c1-23(2,27)17-7-9-18(10-8-17)25-22(26)16-5-3-15(4-6-16)21-19-12-14-28-20(19)11-13-24-21/h3-6,11-14,17-18,27H,7-10H2,1-2H3,(H,25,26)/t17-,18-. The first kappa shape index (κ1) is 19.1. The first-order valence-electron chi connectivity index (χ1n) is 9.88. The van der Waals surface area contributed by atoms with Crippen molar-refractivity contribution in [1.82, 2.24) is 10.3 Å². The smallest absolute Gasteiger partial charge is 0.251 e. The van der Waals surface area contributed by atoms with Crippen LogP contribution in [0.4, 0.5) is 0 Å². The highest BCUT2D eigenvalue weighted by molar-refractivity contribution is 7.17. The molecule has 2 aromatic heterocycles. The second-order valence-corrected chi connectivity index (χ2v) is 9.19. The number of fused-ring (bicyclic) bond motifs is 1. The lowest BCUT2D eigenvalue weighted by atomic mass is 9.77. The quantitative estimate of drug-likeness (QED) is 0.653. The van der Waals surface area contributed by atoms with Crippen molar-refractivity contribution < 1.29 is 9.90 Å². The Hall–Kier alpha value is -2.24. The van der Waals surface area contributed by atoms with Gasteiger partial charge in [-0.15, -0.1) is 11.3 Å². The second kappa shape index (κ2) is 7.64. The van der Waals surface area contributed by atoms with E-state index in [0.717, 1.165) is 42.3 Å². The lowest BCUT2D eigenvalue weighted by molar-refractivity contribution is -0.00257. The molecule has 0 spiro atoms. The summed E-state index contributed by atoms with van der Waals surface area (Å²) in [5.74, 6) is 0.284. The topological polar surface area (TPSA) is 62.2 Å². The highest BCUT2D eigenvalue weighted by atomic mass is 32.1. The van der Waals surface area contributed by atoms with Crippen LogP contribution in [0.5, 0.6) is 0 Å². The molecule has 1 aliphatic rings. The van der Waals surface area contributed by atoms with Crippen LogP contribution in [0.1, 0.15) is 49.9 Å². The Kier molecular flexibility index (Phi) is 5.21. The molecule has 0 aliphatic heterocycles. The molecule has 0 bridgehead atoms. The third kappa shape index (κ3) is 3.96. The van der Waals surface area contributed by atoms with Gasteiger partial charge in [0.05, 0.1) is 11.3 Å². The normalized spacial score (nSPS) is 20.2. The summed E-state index contributed by atoms with van der Waals surface area (Å²) in [6, 6.07) is 12.0. The maximum Gasteiger partial charge on any atom is 0.251 e. The van der Waals surface area contributed by atoms with Crippen LogP contribution in [0.2, 0.25) is 0 Å². The van der Waals surface area contributed by atoms with Crippen LogP contribution < -0.4 is 5.32 Å². The fourth-order valence-electron chi connectivity index (χ4n) is 4.12. The maximum absolute atomic E-state index is 12.6. The van der Waals surface area contributed by atoms with E-state index in [0.29, 0.717) is 11.5 Å². The van der Waals surface area contributed by atoms with E-state index in [2.05, 4.69) is 21.7 Å². The first-order valence-corrected chi connectivity index (χ1v) is 10.8. The second-order valence-electron chi connectivity index (χ2n) is 8.24. The van der Waals surface area contributed by atoms with Crippen molar-refractivity contribution >= 4 is 27.3 Å². The van der Waals surface area contributed by atoms with E-state index in [4.69, 9.17) is 0 Å². The minimum absolute atomic E-state index is 0.0278. The molecule has 146 valence electrons. The summed E-state index contributed by atoms with van der Waals surface area (Å²) < 4.78 is 1.22. The highest BCUT2D eigenvalue weighted by Gasteiger charge is 2.31. The van der Waals surface area contributed by atoms with E-state index in [1.54, 1.807) is 11.3 Å². The Morgan fingerprint density at radius 3 is 2.50 bits per heavy atom. The monoisotopic (exact) mass is 394 g/mol. The van der Waals surface area contributed by atoms with Gasteiger partial charge < -0.3 is 10.4 Å².